The zero-order valence-corrected chi connectivity index (χ0v) is 8.95. The maximum absolute atomic E-state index is 5.47. The van der Waals surface area contributed by atoms with Gasteiger partial charge in [0, 0.05) is 0 Å². The van der Waals surface area contributed by atoms with E-state index in [0.29, 0.717) is 0 Å². The Labute approximate surface area is 79.0 Å². The second kappa shape index (κ2) is 4.49. The van der Waals surface area contributed by atoms with Gasteiger partial charge in [-0.15, -0.1) is 0 Å². The molecule has 72 valence electrons. The van der Waals surface area contributed by atoms with Gasteiger partial charge in [0.2, 0.25) is 0 Å². The molecule has 0 aromatic rings. The van der Waals surface area contributed by atoms with E-state index in [0.717, 1.165) is 13.2 Å². The molecule has 3 heteroatoms. The van der Waals surface area contributed by atoms with E-state index >= 15 is 0 Å². The van der Waals surface area contributed by atoms with E-state index in [1.54, 1.807) is 0 Å². The smallest absolute Gasteiger partial charge is 0.171 e. The zero-order chi connectivity index (χ0) is 9.03. The largest absolute Gasteiger partial charge is 0.349 e. The lowest BCUT2D eigenvalue weighted by Gasteiger charge is -2.28. The number of hydrogen-bond acceptors (Lipinski definition) is 3. The minimum atomic E-state index is -0.00551. The Kier molecular flexibility index (Phi) is 3.87. The van der Waals surface area contributed by atoms with Gasteiger partial charge < -0.3 is 9.47 Å². The maximum atomic E-state index is 5.47. The van der Waals surface area contributed by atoms with Crippen LogP contribution in [0.4, 0.5) is 0 Å². The second-order valence-corrected chi connectivity index (χ2v) is 5.27. The predicted molar refractivity (Wildman–Crippen MR) is 52.5 cm³/mol. The van der Waals surface area contributed by atoms with Gasteiger partial charge in [-0.2, -0.15) is 11.8 Å². The van der Waals surface area contributed by atoms with Gasteiger partial charge in [0.25, 0.3) is 0 Å². The van der Waals surface area contributed by atoms with Crippen molar-refractivity contribution in [2.75, 3.05) is 19.0 Å². The van der Waals surface area contributed by atoms with Crippen molar-refractivity contribution in [2.24, 2.45) is 0 Å². The van der Waals surface area contributed by atoms with Crippen LogP contribution in [0.15, 0.2) is 0 Å². The summed E-state index contributed by atoms with van der Waals surface area (Å²) >= 11 is 1.93. The van der Waals surface area contributed by atoms with Crippen molar-refractivity contribution in [1.82, 2.24) is 0 Å². The Balaban J connectivity index is 2.34. The molecule has 1 fully saturated rings. The van der Waals surface area contributed by atoms with E-state index < -0.39 is 0 Å². The van der Waals surface area contributed by atoms with Crippen LogP contribution in [0.25, 0.3) is 0 Å². The molecule has 0 aliphatic carbocycles. The molecule has 0 N–H and O–H groups in total. The Bertz CT molecular complexity index is 130. The molecule has 1 rings (SSSR count). The first kappa shape index (κ1) is 10.4. The maximum Gasteiger partial charge on any atom is 0.171 e. The average Bonchev–Trinajstić information content (AvgIpc) is 2.53. The predicted octanol–water partition coefficient (Wildman–Crippen LogP) is 2.28. The van der Waals surface area contributed by atoms with Crippen LogP contribution >= 0.6 is 11.8 Å². The summed E-state index contributed by atoms with van der Waals surface area (Å²) in [5.74, 6) is 1.18. The highest BCUT2D eigenvalue weighted by molar-refractivity contribution is 8.00. The van der Waals surface area contributed by atoms with E-state index in [2.05, 4.69) is 20.8 Å². The molecule has 0 atom stereocenters. The molecule has 1 saturated heterocycles. The highest BCUT2D eigenvalue weighted by atomic mass is 32.2. The average molecular weight is 190 g/mol. The molecule has 0 bridgehead atoms. The van der Waals surface area contributed by atoms with Crippen molar-refractivity contribution in [3.05, 3.63) is 0 Å². The Morgan fingerprint density at radius 2 is 1.92 bits per heavy atom. The molecule has 0 radical (unpaired) electrons. The molecule has 0 saturated carbocycles. The van der Waals surface area contributed by atoms with Crippen LogP contribution in [0.2, 0.25) is 0 Å². The first-order valence-electron chi connectivity index (χ1n) is 4.54. The summed E-state index contributed by atoms with van der Waals surface area (Å²) in [5, 5.41) is 0. The summed E-state index contributed by atoms with van der Waals surface area (Å²) in [6.07, 6.45) is 1.20. The summed E-state index contributed by atoms with van der Waals surface area (Å²) < 4.78 is 11.0. The van der Waals surface area contributed by atoms with Gasteiger partial charge in [-0.1, -0.05) is 6.92 Å². The first-order valence-corrected chi connectivity index (χ1v) is 5.52. The van der Waals surface area contributed by atoms with Gasteiger partial charge in [-0.05, 0) is 26.0 Å². The van der Waals surface area contributed by atoms with Crippen molar-refractivity contribution in [3.63, 3.8) is 0 Å². The lowest BCUT2D eigenvalue weighted by atomic mass is 10.2. The summed E-state index contributed by atoms with van der Waals surface area (Å²) in [5.41, 5.74) is 0. The van der Waals surface area contributed by atoms with E-state index in [9.17, 15) is 0 Å². The number of thioether (sulfide) groups is 1. The van der Waals surface area contributed by atoms with Crippen molar-refractivity contribution in [3.8, 4) is 0 Å². The van der Waals surface area contributed by atoms with Crippen LogP contribution in [0.3, 0.4) is 0 Å². The SMILES string of the molecule is CCCSC(C)(C)C1OCCO1. The van der Waals surface area contributed by atoms with Gasteiger partial charge in [-0.25, -0.2) is 0 Å². The molecule has 0 unspecified atom stereocenters. The van der Waals surface area contributed by atoms with Gasteiger partial charge >= 0.3 is 0 Å². The van der Waals surface area contributed by atoms with Gasteiger partial charge in [0.05, 0.1) is 18.0 Å². The minimum Gasteiger partial charge on any atom is -0.349 e. The highest BCUT2D eigenvalue weighted by Crippen LogP contribution is 2.32. The van der Waals surface area contributed by atoms with Gasteiger partial charge in [0.15, 0.2) is 6.29 Å². The zero-order valence-electron chi connectivity index (χ0n) is 8.13. The molecule has 1 heterocycles. The third kappa shape index (κ3) is 2.64. The van der Waals surface area contributed by atoms with Crippen LogP contribution in [-0.4, -0.2) is 30.0 Å². The highest BCUT2D eigenvalue weighted by Gasteiger charge is 2.34. The molecular formula is C9H18O2S. The number of hydrogen-bond donors (Lipinski definition) is 0. The van der Waals surface area contributed by atoms with Gasteiger partial charge in [0.1, 0.15) is 0 Å². The summed E-state index contributed by atoms with van der Waals surface area (Å²) in [7, 11) is 0. The van der Waals surface area contributed by atoms with Crippen LogP contribution in [0.5, 0.6) is 0 Å². The van der Waals surface area contributed by atoms with E-state index in [4.69, 9.17) is 9.47 Å². The quantitative estimate of drug-likeness (QED) is 0.677. The van der Waals surface area contributed by atoms with Crippen LogP contribution in [0.1, 0.15) is 27.2 Å². The summed E-state index contributed by atoms with van der Waals surface area (Å²) in [6, 6.07) is 0. The third-order valence-electron chi connectivity index (χ3n) is 1.87. The first-order chi connectivity index (χ1) is 5.67. The van der Waals surface area contributed by atoms with Gasteiger partial charge in [-0.3, -0.25) is 0 Å². The minimum absolute atomic E-state index is 0.00551. The van der Waals surface area contributed by atoms with Crippen molar-refractivity contribution < 1.29 is 9.47 Å². The fourth-order valence-electron chi connectivity index (χ4n) is 1.19. The standard InChI is InChI=1S/C9H18O2S/c1-4-7-12-9(2,3)8-10-5-6-11-8/h8H,4-7H2,1-3H3. The number of rotatable bonds is 4. The molecule has 0 aromatic heterocycles. The molecule has 0 amide bonds. The fourth-order valence-corrected chi connectivity index (χ4v) is 2.20. The lowest BCUT2D eigenvalue weighted by molar-refractivity contribution is -0.0612. The Morgan fingerprint density at radius 1 is 1.33 bits per heavy atom. The molecule has 12 heavy (non-hydrogen) atoms. The van der Waals surface area contributed by atoms with E-state index in [1.165, 1.54) is 12.2 Å². The van der Waals surface area contributed by atoms with E-state index in [-0.39, 0.29) is 11.0 Å². The summed E-state index contributed by atoms with van der Waals surface area (Å²) in [6.45, 7) is 8.06. The normalized spacial score (nSPS) is 20.2. The molecule has 2 nitrogen and oxygen atoms in total. The lowest BCUT2D eigenvalue weighted by Crippen LogP contribution is -2.34. The summed E-state index contributed by atoms with van der Waals surface area (Å²) in [4.78, 5) is 0. The van der Waals surface area contributed by atoms with Crippen LogP contribution in [0, 0.1) is 0 Å². The van der Waals surface area contributed by atoms with E-state index in [1.807, 2.05) is 11.8 Å². The topological polar surface area (TPSA) is 18.5 Å². The Hall–Kier alpha value is 0.270. The Morgan fingerprint density at radius 3 is 2.42 bits per heavy atom. The molecule has 1 aliphatic heterocycles. The molecule has 1 aliphatic rings. The van der Waals surface area contributed by atoms with Crippen LogP contribution < -0.4 is 0 Å². The van der Waals surface area contributed by atoms with Crippen molar-refractivity contribution in [2.45, 2.75) is 38.2 Å². The third-order valence-corrected chi connectivity index (χ3v) is 3.42. The monoisotopic (exact) mass is 190 g/mol. The molecule has 0 aromatic carbocycles. The number of ether oxygens (including phenoxy) is 2. The van der Waals surface area contributed by atoms with Crippen molar-refractivity contribution in [1.29, 1.82) is 0 Å². The molecular weight excluding hydrogens is 172 g/mol. The van der Waals surface area contributed by atoms with Crippen molar-refractivity contribution >= 4 is 11.8 Å². The van der Waals surface area contributed by atoms with Crippen LogP contribution in [-0.2, 0) is 9.47 Å². The molecule has 0 spiro atoms. The second-order valence-electron chi connectivity index (χ2n) is 3.53. The fraction of sp³-hybridized carbons (Fsp3) is 1.00.